The number of benzene rings is 1. The van der Waals surface area contributed by atoms with E-state index in [2.05, 4.69) is 24.5 Å². The number of rotatable bonds is 3. The van der Waals surface area contributed by atoms with Gasteiger partial charge in [-0.25, -0.2) is 0 Å². The molecule has 0 unspecified atom stereocenters. The Bertz CT molecular complexity index is 863. The molecule has 0 aliphatic carbocycles. The average molecular weight is 337 g/mol. The summed E-state index contributed by atoms with van der Waals surface area (Å²) >= 11 is 1.14. The molecule has 23 heavy (non-hydrogen) atoms. The van der Waals surface area contributed by atoms with E-state index in [0.717, 1.165) is 11.5 Å². The van der Waals surface area contributed by atoms with Crippen LogP contribution in [-0.2, 0) is 0 Å². The number of aromatic nitrogens is 4. The van der Waals surface area contributed by atoms with Crippen LogP contribution in [0.4, 0.5) is 13.2 Å². The molecule has 0 aliphatic rings. The molecular formula is C13H6F3N5OS. The lowest BCUT2D eigenvalue weighted by Gasteiger charge is -2.09. The molecule has 3 rings (SSSR count). The first-order valence-electron chi connectivity index (χ1n) is 6.10. The molecule has 6 nitrogen and oxygen atoms in total. The summed E-state index contributed by atoms with van der Waals surface area (Å²) in [6.45, 7) is 0. The van der Waals surface area contributed by atoms with Gasteiger partial charge in [-0.15, -0.1) is 18.3 Å². The highest BCUT2D eigenvalue weighted by Crippen LogP contribution is 2.34. The summed E-state index contributed by atoms with van der Waals surface area (Å²) < 4.78 is 44.5. The molecule has 2 aromatic heterocycles. The highest BCUT2D eigenvalue weighted by atomic mass is 32.1. The Kier molecular flexibility index (Phi) is 3.71. The van der Waals surface area contributed by atoms with Crippen LogP contribution >= 0.6 is 11.5 Å². The van der Waals surface area contributed by atoms with Gasteiger partial charge in [0.15, 0.2) is 5.69 Å². The maximum atomic E-state index is 12.2. The molecular weight excluding hydrogens is 331 g/mol. The average Bonchev–Trinajstić information content (AvgIpc) is 3.14. The van der Waals surface area contributed by atoms with E-state index in [0.29, 0.717) is 22.5 Å². The first kappa shape index (κ1) is 15.0. The molecule has 0 atom stereocenters. The van der Waals surface area contributed by atoms with Crippen LogP contribution in [0, 0.1) is 11.3 Å². The first-order valence-corrected chi connectivity index (χ1v) is 6.93. The maximum Gasteiger partial charge on any atom is 0.573 e. The van der Waals surface area contributed by atoms with Gasteiger partial charge < -0.3 is 4.74 Å². The van der Waals surface area contributed by atoms with Gasteiger partial charge in [0, 0.05) is 16.5 Å². The molecule has 2 heterocycles. The van der Waals surface area contributed by atoms with E-state index in [-0.39, 0.29) is 11.4 Å². The van der Waals surface area contributed by atoms with Gasteiger partial charge in [-0.3, -0.25) is 0 Å². The number of nitriles is 1. The number of aromatic amines is 1. The van der Waals surface area contributed by atoms with E-state index < -0.39 is 6.36 Å². The second-order valence-corrected chi connectivity index (χ2v) is 4.91. The van der Waals surface area contributed by atoms with Crippen LogP contribution in [0.25, 0.3) is 22.5 Å². The van der Waals surface area contributed by atoms with Crippen LogP contribution in [0.15, 0.2) is 29.6 Å². The Morgan fingerprint density at radius 3 is 2.52 bits per heavy atom. The van der Waals surface area contributed by atoms with Crippen molar-refractivity contribution in [3.63, 3.8) is 0 Å². The van der Waals surface area contributed by atoms with Gasteiger partial charge in [-0.1, -0.05) is 0 Å². The number of hydrogen-bond donors (Lipinski definition) is 1. The number of H-pyrrole nitrogens is 1. The zero-order valence-corrected chi connectivity index (χ0v) is 11.9. The zero-order chi connectivity index (χ0) is 16.4. The van der Waals surface area contributed by atoms with Gasteiger partial charge in [-0.05, 0) is 35.8 Å². The molecule has 0 saturated carbocycles. The Labute approximate surface area is 131 Å². The van der Waals surface area contributed by atoms with Crippen LogP contribution in [0.2, 0.25) is 0 Å². The minimum Gasteiger partial charge on any atom is -0.406 e. The third-order valence-electron chi connectivity index (χ3n) is 2.84. The van der Waals surface area contributed by atoms with E-state index in [1.165, 1.54) is 24.3 Å². The highest BCUT2D eigenvalue weighted by molar-refractivity contribution is 7.04. The van der Waals surface area contributed by atoms with Gasteiger partial charge in [-0.2, -0.15) is 19.9 Å². The van der Waals surface area contributed by atoms with E-state index in [9.17, 15) is 13.2 Å². The molecule has 10 heteroatoms. The number of halogens is 3. The van der Waals surface area contributed by atoms with Gasteiger partial charge >= 0.3 is 6.36 Å². The Morgan fingerprint density at radius 1 is 1.13 bits per heavy atom. The summed E-state index contributed by atoms with van der Waals surface area (Å²) in [5.41, 5.74) is 2.10. The van der Waals surface area contributed by atoms with Gasteiger partial charge in [0.05, 0.1) is 5.69 Å². The summed E-state index contributed by atoms with van der Waals surface area (Å²) in [4.78, 5) is 0. The minimum atomic E-state index is -4.74. The molecule has 0 bridgehead atoms. The fourth-order valence-electron chi connectivity index (χ4n) is 1.92. The molecule has 0 fully saturated rings. The molecule has 0 amide bonds. The van der Waals surface area contributed by atoms with Gasteiger partial charge in [0.1, 0.15) is 17.5 Å². The van der Waals surface area contributed by atoms with Crippen molar-refractivity contribution in [1.29, 1.82) is 5.26 Å². The van der Waals surface area contributed by atoms with Crippen LogP contribution in [0.3, 0.4) is 0 Å². The largest absolute Gasteiger partial charge is 0.573 e. The lowest BCUT2D eigenvalue weighted by atomic mass is 10.1. The third kappa shape index (κ3) is 3.14. The molecule has 0 radical (unpaired) electrons. The minimum absolute atomic E-state index is 0.114. The van der Waals surface area contributed by atoms with Crippen molar-refractivity contribution in [3.8, 4) is 34.3 Å². The summed E-state index contributed by atoms with van der Waals surface area (Å²) in [6.07, 6.45) is -4.74. The predicted molar refractivity (Wildman–Crippen MR) is 74.3 cm³/mol. The van der Waals surface area contributed by atoms with Crippen LogP contribution in [0.1, 0.15) is 5.69 Å². The molecule has 0 aliphatic heterocycles. The first-order chi connectivity index (χ1) is 11.0. The van der Waals surface area contributed by atoms with Crippen molar-refractivity contribution in [2.75, 3.05) is 0 Å². The summed E-state index contributed by atoms with van der Waals surface area (Å²) in [6, 6.07) is 7.19. The Balaban J connectivity index is 1.95. The third-order valence-corrected chi connectivity index (χ3v) is 3.47. The van der Waals surface area contributed by atoms with E-state index in [4.69, 9.17) is 5.26 Å². The van der Waals surface area contributed by atoms with Crippen LogP contribution in [-0.4, -0.2) is 26.1 Å². The topological polar surface area (TPSA) is 87.5 Å². The lowest BCUT2D eigenvalue weighted by Crippen LogP contribution is -2.16. The van der Waals surface area contributed by atoms with Crippen molar-refractivity contribution < 1.29 is 17.9 Å². The molecule has 0 saturated heterocycles. The van der Waals surface area contributed by atoms with Crippen molar-refractivity contribution in [2.45, 2.75) is 6.36 Å². The van der Waals surface area contributed by atoms with Crippen LogP contribution < -0.4 is 4.74 Å². The van der Waals surface area contributed by atoms with Gasteiger partial charge in [0.25, 0.3) is 0 Å². The Morgan fingerprint density at radius 2 is 1.87 bits per heavy atom. The molecule has 116 valence electrons. The number of alkyl halides is 3. The Hall–Kier alpha value is -2.93. The number of hydrogen-bond acceptors (Lipinski definition) is 6. The number of nitrogens with zero attached hydrogens (tertiary/aromatic N) is 4. The van der Waals surface area contributed by atoms with Crippen molar-refractivity contribution in [1.82, 2.24) is 19.8 Å². The second-order valence-electron chi connectivity index (χ2n) is 4.28. The SMILES string of the molecule is N#Cc1n[nH]nc1-c1csnc1-c1ccc(OC(F)(F)F)cc1. The summed E-state index contributed by atoms with van der Waals surface area (Å²) in [7, 11) is 0. The van der Waals surface area contributed by atoms with Crippen molar-refractivity contribution >= 4 is 11.5 Å². The number of ether oxygens (including phenoxy) is 1. The smallest absolute Gasteiger partial charge is 0.406 e. The maximum absolute atomic E-state index is 12.2. The number of nitrogens with one attached hydrogen (secondary N) is 1. The summed E-state index contributed by atoms with van der Waals surface area (Å²) in [5.74, 6) is -0.322. The van der Waals surface area contributed by atoms with E-state index in [1.807, 2.05) is 6.07 Å². The van der Waals surface area contributed by atoms with Crippen molar-refractivity contribution in [3.05, 3.63) is 35.3 Å². The van der Waals surface area contributed by atoms with Crippen LogP contribution in [0.5, 0.6) is 5.75 Å². The normalized spacial score (nSPS) is 11.2. The second kappa shape index (κ2) is 5.69. The van der Waals surface area contributed by atoms with Gasteiger partial charge in [0.2, 0.25) is 0 Å². The van der Waals surface area contributed by atoms with E-state index in [1.54, 1.807) is 5.38 Å². The van der Waals surface area contributed by atoms with E-state index >= 15 is 0 Å². The standard InChI is InChI=1S/C13H6F3N5OS/c14-13(15,16)22-8-3-1-7(2-4-8)11-9(6-23-20-11)12-10(5-17)18-21-19-12/h1-4,6H,(H,18,19,21). The molecule has 3 aromatic rings. The fourth-order valence-corrected chi connectivity index (χ4v) is 2.61. The summed E-state index contributed by atoms with van der Waals surface area (Å²) in [5, 5.41) is 20.7. The highest BCUT2D eigenvalue weighted by Gasteiger charge is 2.31. The molecule has 0 spiro atoms. The zero-order valence-electron chi connectivity index (χ0n) is 11.1. The fraction of sp³-hybridized carbons (Fsp3) is 0.0769. The van der Waals surface area contributed by atoms with Crippen molar-refractivity contribution in [2.24, 2.45) is 0 Å². The predicted octanol–water partition coefficient (Wildman–Crippen LogP) is 3.37. The molecule has 1 aromatic carbocycles. The monoisotopic (exact) mass is 337 g/mol. The quantitative estimate of drug-likeness (QED) is 0.792. The molecule has 1 N–H and O–H groups in total. The lowest BCUT2D eigenvalue weighted by molar-refractivity contribution is -0.274.